The first-order valence-electron chi connectivity index (χ1n) is 7.90. The predicted molar refractivity (Wildman–Crippen MR) is 93.9 cm³/mol. The molecule has 0 aromatic heterocycles. The number of hydrogen-bond donors (Lipinski definition) is 1. The van der Waals surface area contributed by atoms with Gasteiger partial charge in [-0.2, -0.15) is 0 Å². The second-order valence-electron chi connectivity index (χ2n) is 5.03. The van der Waals surface area contributed by atoms with Crippen LogP contribution < -0.4 is 5.32 Å². The van der Waals surface area contributed by atoms with E-state index < -0.39 is 13.4 Å². The van der Waals surface area contributed by atoms with E-state index in [1.54, 1.807) is 50.2 Å². The molecule has 0 saturated heterocycles. The minimum atomic E-state index is -3.56. The van der Waals surface area contributed by atoms with Crippen molar-refractivity contribution >= 4 is 13.5 Å². The number of carbonyl (C=O) groups is 1. The molecule has 1 N–H and O–H groups in total. The van der Waals surface area contributed by atoms with Gasteiger partial charge in [0.2, 0.25) is 0 Å². The van der Waals surface area contributed by atoms with Crippen molar-refractivity contribution in [1.29, 1.82) is 0 Å². The Kier molecular flexibility index (Phi) is 6.73. The Hall–Kier alpha value is -1.94. The summed E-state index contributed by atoms with van der Waals surface area (Å²) in [6.45, 7) is 3.93. The molecule has 2 aromatic carbocycles. The topological polar surface area (TPSA) is 64.6 Å². The average molecular weight is 347 g/mol. The van der Waals surface area contributed by atoms with Crippen molar-refractivity contribution in [3.8, 4) is 0 Å². The molecule has 0 spiro atoms. The summed E-state index contributed by atoms with van der Waals surface area (Å²) in [5.74, 6) is -1.20. The van der Waals surface area contributed by atoms with Crippen LogP contribution in [0.1, 0.15) is 35.6 Å². The van der Waals surface area contributed by atoms with E-state index in [1.165, 1.54) is 0 Å². The third-order valence-corrected chi connectivity index (χ3v) is 5.65. The lowest BCUT2D eigenvalue weighted by Gasteiger charge is -2.27. The summed E-state index contributed by atoms with van der Waals surface area (Å²) in [5, 5.41) is 2.81. The maximum atomic E-state index is 13.2. The van der Waals surface area contributed by atoms with Crippen LogP contribution in [0.4, 0.5) is 0 Å². The van der Waals surface area contributed by atoms with Crippen LogP contribution in [0.2, 0.25) is 0 Å². The van der Waals surface area contributed by atoms with Gasteiger partial charge in [0.25, 0.3) is 5.91 Å². The third-order valence-electron chi connectivity index (χ3n) is 3.35. The average Bonchev–Trinajstić information content (AvgIpc) is 2.61. The van der Waals surface area contributed by atoms with Crippen molar-refractivity contribution in [3.63, 3.8) is 0 Å². The van der Waals surface area contributed by atoms with Gasteiger partial charge >= 0.3 is 7.60 Å². The fourth-order valence-corrected chi connectivity index (χ4v) is 4.23. The molecule has 0 heterocycles. The van der Waals surface area contributed by atoms with Crippen LogP contribution in [0.15, 0.2) is 60.7 Å². The quantitative estimate of drug-likeness (QED) is 0.720. The van der Waals surface area contributed by atoms with Gasteiger partial charge in [-0.15, -0.1) is 0 Å². The first-order chi connectivity index (χ1) is 11.6. The van der Waals surface area contributed by atoms with Gasteiger partial charge in [0, 0.05) is 5.56 Å². The summed E-state index contributed by atoms with van der Waals surface area (Å²) in [6.07, 6.45) is 0. The van der Waals surface area contributed by atoms with Crippen LogP contribution in [0.3, 0.4) is 0 Å². The number of nitrogens with one attached hydrogen (secondary N) is 1. The molecule has 6 heteroatoms. The summed E-state index contributed by atoms with van der Waals surface area (Å²) in [6, 6.07) is 17.9. The normalized spacial score (nSPS) is 12.6. The Balaban J connectivity index is 2.36. The molecule has 0 saturated carbocycles. The van der Waals surface area contributed by atoms with Crippen LogP contribution in [0.25, 0.3) is 0 Å². The molecule has 2 rings (SSSR count). The molecule has 0 radical (unpaired) electrons. The number of rotatable bonds is 8. The number of benzene rings is 2. The molecule has 0 aliphatic rings. The highest BCUT2D eigenvalue weighted by molar-refractivity contribution is 7.54. The van der Waals surface area contributed by atoms with E-state index in [0.29, 0.717) is 11.1 Å². The zero-order valence-electron chi connectivity index (χ0n) is 13.8. The molecular formula is C18H22NO4P. The highest BCUT2D eigenvalue weighted by atomic mass is 31.2. The first kappa shape index (κ1) is 18.4. The van der Waals surface area contributed by atoms with Crippen molar-refractivity contribution in [2.45, 2.75) is 19.6 Å². The molecule has 0 bridgehead atoms. The predicted octanol–water partition coefficient (Wildman–Crippen LogP) is 4.38. The fourth-order valence-electron chi connectivity index (χ4n) is 2.32. The van der Waals surface area contributed by atoms with E-state index in [-0.39, 0.29) is 19.1 Å². The van der Waals surface area contributed by atoms with E-state index >= 15 is 0 Å². The van der Waals surface area contributed by atoms with Crippen molar-refractivity contribution in [2.24, 2.45) is 0 Å². The molecular weight excluding hydrogens is 325 g/mol. The highest BCUT2D eigenvalue weighted by Gasteiger charge is 2.38. The van der Waals surface area contributed by atoms with E-state index in [0.717, 1.165) is 0 Å². The standard InChI is InChI=1S/C18H22NO4P/c1-3-22-24(21,23-4-2)18(16-13-9-6-10-14-16)19-17(20)15-11-7-5-8-12-15/h5-14,18H,3-4H2,1-2H3,(H,19,20)/t18-/m1/s1. The van der Waals surface area contributed by atoms with Gasteiger partial charge in [-0.1, -0.05) is 48.5 Å². The van der Waals surface area contributed by atoms with Gasteiger partial charge in [0.1, 0.15) is 0 Å². The first-order valence-corrected chi connectivity index (χ1v) is 9.51. The second kappa shape index (κ2) is 8.78. The van der Waals surface area contributed by atoms with Crippen LogP contribution in [-0.2, 0) is 13.6 Å². The van der Waals surface area contributed by atoms with Crippen molar-refractivity contribution in [3.05, 3.63) is 71.8 Å². The lowest BCUT2D eigenvalue weighted by atomic mass is 10.2. The largest absolute Gasteiger partial charge is 0.357 e. The maximum Gasteiger partial charge on any atom is 0.357 e. The van der Waals surface area contributed by atoms with E-state index in [4.69, 9.17) is 9.05 Å². The SMILES string of the molecule is CCOP(=O)(OCC)[C@@H](NC(=O)c1ccccc1)c1ccccc1. The molecule has 24 heavy (non-hydrogen) atoms. The van der Waals surface area contributed by atoms with Crippen LogP contribution in [0.5, 0.6) is 0 Å². The molecule has 0 aliphatic heterocycles. The monoisotopic (exact) mass is 347 g/mol. The smallest absolute Gasteiger partial charge is 0.334 e. The van der Waals surface area contributed by atoms with Crippen LogP contribution >= 0.6 is 7.60 Å². The van der Waals surface area contributed by atoms with Crippen molar-refractivity contribution in [2.75, 3.05) is 13.2 Å². The lowest BCUT2D eigenvalue weighted by molar-refractivity contribution is 0.0937. The van der Waals surface area contributed by atoms with E-state index in [1.807, 2.05) is 24.3 Å². The van der Waals surface area contributed by atoms with E-state index in [2.05, 4.69) is 5.32 Å². The molecule has 0 aliphatic carbocycles. The maximum absolute atomic E-state index is 13.2. The lowest BCUT2D eigenvalue weighted by Crippen LogP contribution is -2.29. The van der Waals surface area contributed by atoms with Crippen molar-refractivity contribution < 1.29 is 18.4 Å². The van der Waals surface area contributed by atoms with Gasteiger partial charge in [0.05, 0.1) is 13.2 Å². The van der Waals surface area contributed by atoms with Crippen LogP contribution in [-0.4, -0.2) is 19.1 Å². The molecule has 0 fully saturated rings. The second-order valence-corrected chi connectivity index (χ2v) is 7.14. The Morgan fingerprint density at radius 2 is 1.46 bits per heavy atom. The molecule has 5 nitrogen and oxygen atoms in total. The number of carbonyl (C=O) groups excluding carboxylic acids is 1. The minimum Gasteiger partial charge on any atom is -0.334 e. The summed E-state index contributed by atoms with van der Waals surface area (Å²) < 4.78 is 24.1. The molecule has 0 unspecified atom stereocenters. The van der Waals surface area contributed by atoms with Crippen LogP contribution in [0, 0.1) is 0 Å². The van der Waals surface area contributed by atoms with Crippen molar-refractivity contribution in [1.82, 2.24) is 5.32 Å². The summed E-state index contributed by atoms with van der Waals surface area (Å²) in [7, 11) is -3.56. The van der Waals surface area contributed by atoms with Gasteiger partial charge in [-0.3, -0.25) is 9.36 Å². The summed E-state index contributed by atoms with van der Waals surface area (Å²) in [5.41, 5.74) is 1.16. The van der Waals surface area contributed by atoms with Gasteiger partial charge in [-0.05, 0) is 31.5 Å². The Bertz CT molecular complexity index is 681. The van der Waals surface area contributed by atoms with Gasteiger partial charge in [0.15, 0.2) is 5.78 Å². The summed E-state index contributed by atoms with van der Waals surface area (Å²) >= 11 is 0. The molecule has 1 atom stereocenters. The van der Waals surface area contributed by atoms with E-state index in [9.17, 15) is 9.36 Å². The van der Waals surface area contributed by atoms with Gasteiger partial charge in [-0.25, -0.2) is 0 Å². The zero-order valence-corrected chi connectivity index (χ0v) is 14.7. The summed E-state index contributed by atoms with van der Waals surface area (Å²) in [4.78, 5) is 12.5. The Labute approximate surface area is 142 Å². The number of amides is 1. The Morgan fingerprint density at radius 1 is 0.958 bits per heavy atom. The highest BCUT2D eigenvalue weighted by Crippen LogP contribution is 2.59. The fraction of sp³-hybridized carbons (Fsp3) is 0.278. The molecule has 128 valence electrons. The zero-order chi connectivity index (χ0) is 17.4. The van der Waals surface area contributed by atoms with Gasteiger partial charge < -0.3 is 14.4 Å². The minimum absolute atomic E-state index is 0.224. The number of hydrogen-bond acceptors (Lipinski definition) is 4. The Morgan fingerprint density at radius 3 is 1.96 bits per heavy atom. The molecule has 1 amide bonds. The third kappa shape index (κ3) is 4.54. The molecule has 2 aromatic rings.